The Bertz CT molecular complexity index is 963. The molecule has 0 saturated heterocycles. The first-order chi connectivity index (χ1) is 13.3. The fourth-order valence-electron chi connectivity index (χ4n) is 3.39. The molecule has 3 rings (SSSR count). The van der Waals surface area contributed by atoms with Crippen LogP contribution in [-0.2, 0) is 14.9 Å². The number of allylic oxidation sites excluding steroid dienone is 1. The van der Waals surface area contributed by atoms with Crippen LogP contribution in [0.2, 0.25) is 0 Å². The van der Waals surface area contributed by atoms with Gasteiger partial charge in [0.2, 0.25) is 0 Å². The fraction of sp³-hybridized carbons (Fsp3) is 0.280. The van der Waals surface area contributed by atoms with Gasteiger partial charge in [-0.05, 0) is 59.2 Å². The zero-order chi connectivity index (χ0) is 20.3. The minimum absolute atomic E-state index is 0. The Morgan fingerprint density at radius 1 is 1.07 bits per heavy atom. The Morgan fingerprint density at radius 3 is 2.31 bits per heavy atom. The standard InChI is InChI=1S/C24H24O4.CH4/c1-4-28-23(27)19-13-14-24(2,3)21-12-9-17(15-20(19)21)6-5-16-7-10-18(11-8-16)22(25)26;/h5-13,15H,4,14H2,1-3H3,(H,25,26);1H4. The molecule has 0 spiro atoms. The lowest BCUT2D eigenvalue weighted by Gasteiger charge is -2.31. The van der Waals surface area contributed by atoms with E-state index < -0.39 is 5.97 Å². The highest BCUT2D eigenvalue weighted by Gasteiger charge is 2.30. The zero-order valence-electron chi connectivity index (χ0n) is 16.4. The molecule has 0 atom stereocenters. The predicted octanol–water partition coefficient (Wildman–Crippen LogP) is 5.82. The summed E-state index contributed by atoms with van der Waals surface area (Å²) in [4.78, 5) is 23.3. The summed E-state index contributed by atoms with van der Waals surface area (Å²) in [5.74, 6) is -1.23. The number of benzene rings is 2. The average Bonchev–Trinajstić information content (AvgIpc) is 2.66. The van der Waals surface area contributed by atoms with E-state index in [9.17, 15) is 9.59 Å². The number of ether oxygens (including phenoxy) is 1. The molecule has 4 nitrogen and oxygen atoms in total. The van der Waals surface area contributed by atoms with E-state index in [0.29, 0.717) is 12.2 Å². The maximum Gasteiger partial charge on any atom is 0.338 e. The van der Waals surface area contributed by atoms with E-state index >= 15 is 0 Å². The summed E-state index contributed by atoms with van der Waals surface area (Å²) in [6.07, 6.45) is 6.65. The number of hydrogen-bond donors (Lipinski definition) is 1. The number of carboxylic acid groups (broad SMARTS) is 1. The van der Waals surface area contributed by atoms with Crippen molar-refractivity contribution in [1.29, 1.82) is 0 Å². The SMILES string of the molecule is C.CCOC(=O)C1=CCC(C)(C)c2ccc(C=Cc3ccc(C(=O)O)cc3)cc21. The Kier molecular flexibility index (Phi) is 6.80. The molecule has 152 valence electrons. The van der Waals surface area contributed by atoms with Gasteiger partial charge in [-0.25, -0.2) is 9.59 Å². The van der Waals surface area contributed by atoms with Crippen LogP contribution in [0.4, 0.5) is 0 Å². The van der Waals surface area contributed by atoms with Crippen LogP contribution in [0, 0.1) is 0 Å². The summed E-state index contributed by atoms with van der Waals surface area (Å²) in [5, 5.41) is 8.99. The van der Waals surface area contributed by atoms with Gasteiger partial charge in [0.05, 0.1) is 17.7 Å². The second kappa shape index (κ2) is 8.91. The number of aromatic carboxylic acids is 1. The Labute approximate surface area is 172 Å². The number of rotatable bonds is 5. The van der Waals surface area contributed by atoms with Gasteiger partial charge in [-0.2, -0.15) is 0 Å². The number of carbonyl (C=O) groups is 2. The minimum atomic E-state index is -0.939. The van der Waals surface area contributed by atoms with E-state index in [2.05, 4.69) is 19.9 Å². The molecular formula is C25H28O4. The van der Waals surface area contributed by atoms with E-state index in [0.717, 1.165) is 28.7 Å². The quantitative estimate of drug-likeness (QED) is 0.514. The highest BCUT2D eigenvalue weighted by atomic mass is 16.5. The summed E-state index contributed by atoms with van der Waals surface area (Å²) < 4.78 is 5.23. The first-order valence-corrected chi connectivity index (χ1v) is 9.35. The first kappa shape index (κ1) is 22.2. The van der Waals surface area contributed by atoms with Gasteiger partial charge in [0.25, 0.3) is 0 Å². The van der Waals surface area contributed by atoms with Crippen LogP contribution in [0.25, 0.3) is 17.7 Å². The molecule has 2 aromatic rings. The van der Waals surface area contributed by atoms with Gasteiger partial charge < -0.3 is 9.84 Å². The van der Waals surface area contributed by atoms with Gasteiger partial charge in [0.1, 0.15) is 0 Å². The van der Waals surface area contributed by atoms with Gasteiger partial charge in [-0.3, -0.25) is 0 Å². The lowest BCUT2D eigenvalue weighted by molar-refractivity contribution is -0.136. The zero-order valence-corrected chi connectivity index (χ0v) is 16.4. The molecule has 0 bridgehead atoms. The van der Waals surface area contributed by atoms with Crippen LogP contribution in [0.3, 0.4) is 0 Å². The van der Waals surface area contributed by atoms with Gasteiger partial charge in [-0.1, -0.05) is 63.8 Å². The van der Waals surface area contributed by atoms with Crippen LogP contribution in [0.1, 0.15) is 67.2 Å². The number of hydrogen-bond acceptors (Lipinski definition) is 3. The van der Waals surface area contributed by atoms with Gasteiger partial charge in [0.15, 0.2) is 0 Å². The van der Waals surface area contributed by atoms with Crippen LogP contribution < -0.4 is 0 Å². The third kappa shape index (κ3) is 4.83. The first-order valence-electron chi connectivity index (χ1n) is 9.35. The molecule has 0 fully saturated rings. The lowest BCUT2D eigenvalue weighted by Crippen LogP contribution is -2.24. The maximum absolute atomic E-state index is 12.4. The molecule has 0 aromatic heterocycles. The molecule has 0 saturated carbocycles. The molecule has 0 heterocycles. The molecule has 1 aliphatic carbocycles. The molecule has 0 amide bonds. The molecule has 0 unspecified atom stereocenters. The number of fused-ring (bicyclic) bond motifs is 1. The van der Waals surface area contributed by atoms with Crippen molar-refractivity contribution in [2.75, 3.05) is 6.61 Å². The Morgan fingerprint density at radius 2 is 1.69 bits per heavy atom. The molecule has 1 aliphatic rings. The summed E-state index contributed by atoms with van der Waals surface area (Å²) in [7, 11) is 0. The van der Waals surface area contributed by atoms with Crippen molar-refractivity contribution in [3.05, 3.63) is 76.4 Å². The Hall–Kier alpha value is -3.14. The topological polar surface area (TPSA) is 63.6 Å². The molecule has 4 heteroatoms. The maximum atomic E-state index is 12.4. The highest BCUT2D eigenvalue weighted by Crippen LogP contribution is 2.39. The Balaban J connectivity index is 0.00000300. The second-order valence-electron chi connectivity index (χ2n) is 7.49. The summed E-state index contributed by atoms with van der Waals surface area (Å²) in [6, 6.07) is 12.8. The van der Waals surface area contributed by atoms with E-state index in [-0.39, 0.29) is 24.4 Å². The van der Waals surface area contributed by atoms with E-state index in [1.165, 1.54) is 0 Å². The second-order valence-corrected chi connectivity index (χ2v) is 7.49. The van der Waals surface area contributed by atoms with E-state index in [1.807, 2.05) is 30.4 Å². The monoisotopic (exact) mass is 392 g/mol. The van der Waals surface area contributed by atoms with Gasteiger partial charge >= 0.3 is 11.9 Å². The van der Waals surface area contributed by atoms with Crippen LogP contribution in [-0.4, -0.2) is 23.7 Å². The van der Waals surface area contributed by atoms with Crippen molar-refractivity contribution >= 4 is 29.7 Å². The number of carbonyl (C=O) groups excluding carboxylic acids is 1. The molecule has 2 aromatic carbocycles. The minimum Gasteiger partial charge on any atom is -0.478 e. The molecule has 0 radical (unpaired) electrons. The van der Waals surface area contributed by atoms with Crippen LogP contribution >= 0.6 is 0 Å². The molecular weight excluding hydrogens is 364 g/mol. The molecule has 1 N–H and O–H groups in total. The van der Waals surface area contributed by atoms with Crippen molar-refractivity contribution < 1.29 is 19.4 Å². The third-order valence-corrected chi connectivity index (χ3v) is 5.00. The van der Waals surface area contributed by atoms with Crippen LogP contribution in [0.5, 0.6) is 0 Å². The smallest absolute Gasteiger partial charge is 0.338 e. The summed E-state index contributed by atoms with van der Waals surface area (Å²) in [5.41, 5.74) is 4.77. The van der Waals surface area contributed by atoms with Gasteiger partial charge in [0, 0.05) is 0 Å². The third-order valence-electron chi connectivity index (χ3n) is 5.00. The van der Waals surface area contributed by atoms with Crippen molar-refractivity contribution in [2.24, 2.45) is 0 Å². The highest BCUT2D eigenvalue weighted by molar-refractivity contribution is 6.17. The van der Waals surface area contributed by atoms with Crippen molar-refractivity contribution in [1.82, 2.24) is 0 Å². The molecule has 0 aliphatic heterocycles. The predicted molar refractivity (Wildman–Crippen MR) is 118 cm³/mol. The van der Waals surface area contributed by atoms with Crippen molar-refractivity contribution in [2.45, 2.75) is 40.0 Å². The summed E-state index contributed by atoms with van der Waals surface area (Å²) in [6.45, 7) is 6.50. The molecule has 29 heavy (non-hydrogen) atoms. The van der Waals surface area contributed by atoms with Crippen LogP contribution in [0.15, 0.2) is 48.5 Å². The number of esters is 1. The number of carboxylic acids is 1. The normalized spacial score (nSPS) is 14.5. The lowest BCUT2D eigenvalue weighted by atomic mass is 9.73. The average molecular weight is 392 g/mol. The van der Waals surface area contributed by atoms with Gasteiger partial charge in [-0.15, -0.1) is 0 Å². The van der Waals surface area contributed by atoms with E-state index in [1.54, 1.807) is 31.2 Å². The van der Waals surface area contributed by atoms with E-state index in [4.69, 9.17) is 9.84 Å². The van der Waals surface area contributed by atoms with Crippen molar-refractivity contribution in [3.63, 3.8) is 0 Å². The fourth-order valence-corrected chi connectivity index (χ4v) is 3.39. The largest absolute Gasteiger partial charge is 0.478 e. The van der Waals surface area contributed by atoms with Crippen molar-refractivity contribution in [3.8, 4) is 0 Å². The summed E-state index contributed by atoms with van der Waals surface area (Å²) >= 11 is 0.